The number of benzene rings is 2. The number of fused-ring (bicyclic) bond motifs is 1. The number of rotatable bonds is 9. The summed E-state index contributed by atoms with van der Waals surface area (Å²) in [5, 5.41) is 34.8. The Balaban J connectivity index is 2.06. The van der Waals surface area contributed by atoms with E-state index in [1.165, 1.54) is 26.6 Å². The van der Waals surface area contributed by atoms with Gasteiger partial charge in [0.2, 0.25) is 5.75 Å². The van der Waals surface area contributed by atoms with E-state index < -0.39 is 17.6 Å². The summed E-state index contributed by atoms with van der Waals surface area (Å²) in [5.74, 6) is 0.895. The average molecular weight is 449 g/mol. The largest absolute Gasteiger partial charge is 0.495 e. The summed E-state index contributed by atoms with van der Waals surface area (Å²) < 4.78 is 10.4. The molecule has 3 aromatic rings. The average Bonchev–Trinajstić information content (AvgIpc) is 2.77. The Bertz CT molecular complexity index is 1110. The molecule has 3 rings (SSSR count). The van der Waals surface area contributed by atoms with Crippen molar-refractivity contribution < 1.29 is 24.6 Å². The van der Waals surface area contributed by atoms with Gasteiger partial charge in [-0.2, -0.15) is 0 Å². The number of halogens is 1. The van der Waals surface area contributed by atoms with E-state index in [4.69, 9.17) is 21.1 Å². The molecule has 3 N–H and O–H groups in total. The summed E-state index contributed by atoms with van der Waals surface area (Å²) in [6.07, 6.45) is 0.0978. The lowest BCUT2D eigenvalue weighted by molar-refractivity contribution is -0.385. The van der Waals surface area contributed by atoms with Crippen LogP contribution >= 0.6 is 11.6 Å². The lowest BCUT2D eigenvalue weighted by atomic mass is 10.0. The number of anilines is 1. The van der Waals surface area contributed by atoms with Crippen LogP contribution in [-0.4, -0.2) is 52.0 Å². The van der Waals surface area contributed by atoms with Gasteiger partial charge in [-0.25, -0.2) is 9.97 Å². The number of aliphatic hydroxyl groups is 2. The summed E-state index contributed by atoms with van der Waals surface area (Å²) in [6, 6.07) is 6.63. The smallest absolute Gasteiger partial charge is 0.312 e. The van der Waals surface area contributed by atoms with Crippen LogP contribution in [0.5, 0.6) is 11.5 Å². The molecule has 0 bridgehead atoms. The number of aliphatic hydroxyl groups excluding tert-OH is 2. The van der Waals surface area contributed by atoms with Crippen LogP contribution in [0.4, 0.5) is 11.5 Å². The number of hydrogen-bond acceptors (Lipinski definition) is 9. The van der Waals surface area contributed by atoms with E-state index in [0.29, 0.717) is 39.6 Å². The third kappa shape index (κ3) is 4.76. The number of ether oxygens (including phenoxy) is 2. The van der Waals surface area contributed by atoms with Crippen LogP contribution in [0.15, 0.2) is 30.6 Å². The van der Waals surface area contributed by atoms with Crippen LogP contribution in [-0.2, 0) is 13.0 Å². The fourth-order valence-corrected chi connectivity index (χ4v) is 3.52. The van der Waals surface area contributed by atoms with Crippen molar-refractivity contribution in [1.29, 1.82) is 0 Å². The molecule has 31 heavy (non-hydrogen) atoms. The zero-order valence-corrected chi connectivity index (χ0v) is 17.6. The van der Waals surface area contributed by atoms with Gasteiger partial charge < -0.3 is 25.0 Å². The molecular formula is C20H21ClN4O6. The van der Waals surface area contributed by atoms with E-state index in [1.54, 1.807) is 12.1 Å². The number of methoxy groups -OCH3 is 2. The quantitative estimate of drug-likeness (QED) is 0.333. The van der Waals surface area contributed by atoms with E-state index in [-0.39, 0.29) is 17.9 Å². The predicted molar refractivity (Wildman–Crippen MR) is 115 cm³/mol. The van der Waals surface area contributed by atoms with Crippen molar-refractivity contribution in [3.63, 3.8) is 0 Å². The van der Waals surface area contributed by atoms with E-state index >= 15 is 0 Å². The Hall–Kier alpha value is -3.21. The van der Waals surface area contributed by atoms with Crippen LogP contribution in [0, 0.1) is 10.1 Å². The molecular weight excluding hydrogens is 428 g/mol. The molecule has 10 nitrogen and oxygen atoms in total. The first-order chi connectivity index (χ1) is 14.9. The summed E-state index contributed by atoms with van der Waals surface area (Å²) >= 11 is 6.17. The molecule has 0 radical (unpaired) electrons. The lowest BCUT2D eigenvalue weighted by Crippen LogP contribution is -2.17. The van der Waals surface area contributed by atoms with Gasteiger partial charge >= 0.3 is 5.69 Å². The van der Waals surface area contributed by atoms with Crippen molar-refractivity contribution in [1.82, 2.24) is 9.97 Å². The third-order valence-corrected chi connectivity index (χ3v) is 4.98. The molecule has 0 aliphatic carbocycles. The zero-order chi connectivity index (χ0) is 22.5. The molecule has 2 aromatic carbocycles. The van der Waals surface area contributed by atoms with E-state index in [1.807, 2.05) is 6.07 Å². The predicted octanol–water partition coefficient (Wildman–Crippen LogP) is 2.72. The van der Waals surface area contributed by atoms with Gasteiger partial charge in [-0.15, -0.1) is 0 Å². The molecule has 0 saturated carbocycles. The molecule has 0 saturated heterocycles. The molecule has 1 heterocycles. The first-order valence-corrected chi connectivity index (χ1v) is 9.61. The summed E-state index contributed by atoms with van der Waals surface area (Å²) in [4.78, 5) is 19.5. The normalized spacial score (nSPS) is 11.9. The maximum Gasteiger partial charge on any atom is 0.312 e. The summed E-state index contributed by atoms with van der Waals surface area (Å²) in [7, 11) is 2.83. The van der Waals surface area contributed by atoms with Crippen LogP contribution in [0.3, 0.4) is 0 Å². The fourth-order valence-electron chi connectivity index (χ4n) is 3.24. The highest BCUT2D eigenvalue weighted by molar-refractivity contribution is 6.32. The Kier molecular flexibility index (Phi) is 7.06. The van der Waals surface area contributed by atoms with Gasteiger partial charge in [0.25, 0.3) is 0 Å². The third-order valence-electron chi connectivity index (χ3n) is 4.69. The minimum Gasteiger partial charge on any atom is -0.495 e. The second-order valence-electron chi connectivity index (χ2n) is 6.65. The topological polar surface area (TPSA) is 140 Å². The van der Waals surface area contributed by atoms with E-state index in [2.05, 4.69) is 15.3 Å². The van der Waals surface area contributed by atoms with Gasteiger partial charge in [0.1, 0.15) is 17.9 Å². The Morgan fingerprint density at radius 2 is 2.03 bits per heavy atom. The number of nitrogens with zero attached hydrogens (tertiary/aromatic N) is 3. The SMILES string of the molecule is COc1ccc(CNc2ncnc3c(CC(O)CO)c(OC)c([N+](=O)[O-])cc23)cc1Cl. The summed E-state index contributed by atoms with van der Waals surface area (Å²) in [6.45, 7) is -0.175. The van der Waals surface area contributed by atoms with Crippen LogP contribution in [0.2, 0.25) is 5.02 Å². The molecule has 1 unspecified atom stereocenters. The number of hydrogen-bond donors (Lipinski definition) is 3. The molecule has 11 heteroatoms. The van der Waals surface area contributed by atoms with Gasteiger partial charge in [-0.3, -0.25) is 10.1 Å². The standard InChI is InChI=1S/C20H21ClN4O6/c1-30-17-4-3-11(5-15(17)21)8-22-20-14-7-16(25(28)29)19(31-2)13(6-12(27)9-26)18(14)23-10-24-20/h3-5,7,10,12,26-27H,6,8-9H2,1-2H3,(H,22,23,24). The van der Waals surface area contributed by atoms with Crippen LogP contribution in [0.25, 0.3) is 10.9 Å². The minimum atomic E-state index is -1.13. The maximum absolute atomic E-state index is 11.6. The molecule has 0 spiro atoms. The van der Waals surface area contributed by atoms with Gasteiger partial charge in [0.15, 0.2) is 0 Å². The molecule has 0 amide bonds. The highest BCUT2D eigenvalue weighted by atomic mass is 35.5. The van der Waals surface area contributed by atoms with Crippen molar-refractivity contribution >= 4 is 34.0 Å². The van der Waals surface area contributed by atoms with Crippen molar-refractivity contribution in [3.05, 3.63) is 56.9 Å². The van der Waals surface area contributed by atoms with Gasteiger partial charge in [0, 0.05) is 24.6 Å². The molecule has 164 valence electrons. The van der Waals surface area contributed by atoms with E-state index in [0.717, 1.165) is 5.56 Å². The number of nitro groups is 1. The monoisotopic (exact) mass is 448 g/mol. The lowest BCUT2D eigenvalue weighted by Gasteiger charge is -2.16. The molecule has 0 aliphatic heterocycles. The first kappa shape index (κ1) is 22.5. The number of nitro benzene ring substituents is 1. The molecule has 1 aromatic heterocycles. The van der Waals surface area contributed by atoms with E-state index in [9.17, 15) is 20.3 Å². The molecule has 0 fully saturated rings. The Morgan fingerprint density at radius 1 is 1.26 bits per heavy atom. The molecule has 0 aliphatic rings. The highest BCUT2D eigenvalue weighted by Gasteiger charge is 2.26. The van der Waals surface area contributed by atoms with Crippen LogP contribution < -0.4 is 14.8 Å². The second-order valence-corrected chi connectivity index (χ2v) is 7.05. The maximum atomic E-state index is 11.6. The van der Waals surface area contributed by atoms with Gasteiger partial charge in [-0.05, 0) is 17.7 Å². The number of aromatic nitrogens is 2. The second kappa shape index (κ2) is 9.73. The highest BCUT2D eigenvalue weighted by Crippen LogP contribution is 2.39. The van der Waals surface area contributed by atoms with Gasteiger partial charge in [-0.1, -0.05) is 17.7 Å². The molecule has 1 atom stereocenters. The minimum absolute atomic E-state index is 0.0170. The first-order valence-electron chi connectivity index (χ1n) is 9.23. The number of nitrogens with one attached hydrogen (secondary N) is 1. The van der Waals surface area contributed by atoms with Crippen molar-refractivity contribution in [3.8, 4) is 11.5 Å². The summed E-state index contributed by atoms with van der Waals surface area (Å²) in [5.41, 5.74) is 1.24. The van der Waals surface area contributed by atoms with Crippen LogP contribution in [0.1, 0.15) is 11.1 Å². The van der Waals surface area contributed by atoms with Crippen molar-refractivity contribution in [2.45, 2.75) is 19.1 Å². The Labute approximate surface area is 182 Å². The zero-order valence-electron chi connectivity index (χ0n) is 16.8. The van der Waals surface area contributed by atoms with Crippen molar-refractivity contribution in [2.24, 2.45) is 0 Å². The Morgan fingerprint density at radius 3 is 2.65 bits per heavy atom. The van der Waals surface area contributed by atoms with Crippen molar-refractivity contribution in [2.75, 3.05) is 26.1 Å². The fraction of sp³-hybridized carbons (Fsp3) is 0.300. The van der Waals surface area contributed by atoms with Gasteiger partial charge in [0.05, 0.1) is 47.8 Å².